The summed E-state index contributed by atoms with van der Waals surface area (Å²) < 4.78 is 6.00. The van der Waals surface area contributed by atoms with E-state index >= 15 is 0 Å². The van der Waals surface area contributed by atoms with Crippen LogP contribution in [0.5, 0.6) is 0 Å². The van der Waals surface area contributed by atoms with Gasteiger partial charge in [-0.15, -0.1) is 4.91 Å². The molecular formula is C12H26N2O2Si. The van der Waals surface area contributed by atoms with Crippen LogP contribution in [0.25, 0.3) is 0 Å². The lowest BCUT2D eigenvalue weighted by molar-refractivity contribution is 0.213. The van der Waals surface area contributed by atoms with E-state index in [9.17, 15) is 4.91 Å². The molecule has 0 bridgehead atoms. The van der Waals surface area contributed by atoms with Gasteiger partial charge in [0.1, 0.15) is 0 Å². The molecule has 1 atom stereocenters. The highest BCUT2D eigenvalue weighted by molar-refractivity contribution is 6.74. The fourth-order valence-electron chi connectivity index (χ4n) is 1.46. The molecule has 1 aliphatic rings. The Morgan fingerprint density at radius 1 is 1.41 bits per heavy atom. The van der Waals surface area contributed by atoms with Gasteiger partial charge in [-0.1, -0.05) is 27.2 Å². The summed E-state index contributed by atoms with van der Waals surface area (Å²) in [7, 11) is -1.77. The van der Waals surface area contributed by atoms with E-state index in [1.807, 2.05) is 0 Å². The van der Waals surface area contributed by atoms with E-state index in [4.69, 9.17) is 4.43 Å². The standard InChI is InChI=1S/C12H26N2O2Si/c1-12(2,3)17(4,5)16-9-11(14-15)13-10-7-6-8-10/h10-11,13H,6-9H2,1-5H3/t11-/m1/s1. The Morgan fingerprint density at radius 2 is 2.00 bits per heavy atom. The molecule has 1 aliphatic carbocycles. The SMILES string of the molecule is CC(C)(C)[Si](C)(C)OC[C@@H](N=O)NC1CCC1. The number of hydrogen-bond donors (Lipinski definition) is 1. The molecule has 100 valence electrons. The van der Waals surface area contributed by atoms with Crippen molar-refractivity contribution < 1.29 is 4.43 Å². The van der Waals surface area contributed by atoms with Gasteiger partial charge in [0, 0.05) is 6.04 Å². The first-order valence-electron chi connectivity index (χ1n) is 6.49. The lowest BCUT2D eigenvalue weighted by Crippen LogP contribution is -2.48. The van der Waals surface area contributed by atoms with Gasteiger partial charge < -0.3 is 4.43 Å². The monoisotopic (exact) mass is 258 g/mol. The number of hydrogen-bond acceptors (Lipinski definition) is 4. The van der Waals surface area contributed by atoms with E-state index in [0.29, 0.717) is 12.6 Å². The third kappa shape index (κ3) is 4.15. The van der Waals surface area contributed by atoms with Crippen LogP contribution in [-0.2, 0) is 4.43 Å². The number of nitrogens with zero attached hydrogens (tertiary/aromatic N) is 1. The average Bonchev–Trinajstić information content (AvgIpc) is 2.13. The fraction of sp³-hybridized carbons (Fsp3) is 1.00. The maximum Gasteiger partial charge on any atom is 0.192 e. The summed E-state index contributed by atoms with van der Waals surface area (Å²) >= 11 is 0. The van der Waals surface area contributed by atoms with Crippen LogP contribution in [-0.4, -0.2) is 27.1 Å². The predicted octanol–water partition coefficient (Wildman–Crippen LogP) is 3.24. The van der Waals surface area contributed by atoms with Crippen molar-refractivity contribution in [2.24, 2.45) is 5.18 Å². The lowest BCUT2D eigenvalue weighted by Gasteiger charge is -2.37. The molecule has 1 saturated carbocycles. The predicted molar refractivity (Wildman–Crippen MR) is 73.5 cm³/mol. The first-order chi connectivity index (χ1) is 7.76. The maximum absolute atomic E-state index is 10.8. The largest absolute Gasteiger partial charge is 0.413 e. The van der Waals surface area contributed by atoms with Crippen molar-refractivity contribution in [1.82, 2.24) is 5.32 Å². The summed E-state index contributed by atoms with van der Waals surface area (Å²) in [5, 5.41) is 6.55. The molecule has 1 fully saturated rings. The van der Waals surface area contributed by atoms with Crippen LogP contribution in [0.3, 0.4) is 0 Å². The Kier molecular flexibility index (Phi) is 4.86. The van der Waals surface area contributed by atoms with E-state index in [0.717, 1.165) is 12.8 Å². The third-order valence-corrected chi connectivity index (χ3v) is 8.57. The Hall–Kier alpha value is -0.263. The maximum atomic E-state index is 10.8. The fourth-order valence-corrected chi connectivity index (χ4v) is 2.47. The summed E-state index contributed by atoms with van der Waals surface area (Å²) in [5.41, 5.74) is 0. The van der Waals surface area contributed by atoms with Gasteiger partial charge in [0.2, 0.25) is 0 Å². The van der Waals surface area contributed by atoms with E-state index in [2.05, 4.69) is 44.4 Å². The summed E-state index contributed by atoms with van der Waals surface area (Å²) in [4.78, 5) is 10.8. The van der Waals surface area contributed by atoms with Crippen LogP contribution in [0, 0.1) is 4.91 Å². The first-order valence-corrected chi connectivity index (χ1v) is 9.39. The summed E-state index contributed by atoms with van der Waals surface area (Å²) in [5.74, 6) is 0. The molecule has 0 heterocycles. The number of nitrogens with one attached hydrogen (secondary N) is 1. The Bertz CT molecular complexity index is 260. The molecule has 0 amide bonds. The molecule has 17 heavy (non-hydrogen) atoms. The molecule has 0 aromatic carbocycles. The molecule has 1 N–H and O–H groups in total. The highest BCUT2D eigenvalue weighted by Gasteiger charge is 2.38. The molecule has 0 unspecified atom stereocenters. The summed E-state index contributed by atoms with van der Waals surface area (Å²) in [6.45, 7) is 11.4. The van der Waals surface area contributed by atoms with Gasteiger partial charge in [-0.25, -0.2) is 0 Å². The highest BCUT2D eigenvalue weighted by Crippen LogP contribution is 2.36. The van der Waals surface area contributed by atoms with E-state index in [-0.39, 0.29) is 11.2 Å². The minimum Gasteiger partial charge on any atom is -0.413 e. The van der Waals surface area contributed by atoms with E-state index < -0.39 is 8.32 Å². The van der Waals surface area contributed by atoms with Crippen LogP contribution in [0.4, 0.5) is 0 Å². The molecule has 0 radical (unpaired) electrons. The Morgan fingerprint density at radius 3 is 2.35 bits per heavy atom. The van der Waals surface area contributed by atoms with Crippen molar-refractivity contribution in [1.29, 1.82) is 0 Å². The van der Waals surface area contributed by atoms with Gasteiger partial charge >= 0.3 is 0 Å². The molecule has 4 nitrogen and oxygen atoms in total. The van der Waals surface area contributed by atoms with Crippen LogP contribution in [0.2, 0.25) is 18.1 Å². The van der Waals surface area contributed by atoms with Gasteiger partial charge in [-0.05, 0) is 36.2 Å². The van der Waals surface area contributed by atoms with Crippen LogP contribution in [0.1, 0.15) is 40.0 Å². The second kappa shape index (κ2) is 5.59. The molecular weight excluding hydrogens is 232 g/mol. The second-order valence-electron chi connectivity index (χ2n) is 6.49. The molecule has 0 aliphatic heterocycles. The quantitative estimate of drug-likeness (QED) is 0.588. The van der Waals surface area contributed by atoms with Crippen molar-refractivity contribution in [3.8, 4) is 0 Å². The van der Waals surface area contributed by atoms with Gasteiger partial charge in [0.05, 0.1) is 6.61 Å². The van der Waals surface area contributed by atoms with Crippen molar-refractivity contribution in [3.63, 3.8) is 0 Å². The highest BCUT2D eigenvalue weighted by atomic mass is 28.4. The molecule has 1 rings (SSSR count). The normalized spacial score (nSPS) is 19.8. The molecule has 0 aromatic rings. The van der Waals surface area contributed by atoms with E-state index in [1.165, 1.54) is 6.42 Å². The second-order valence-corrected chi connectivity index (χ2v) is 11.3. The zero-order valence-corrected chi connectivity index (χ0v) is 12.7. The summed E-state index contributed by atoms with van der Waals surface area (Å²) in [6.07, 6.45) is 3.19. The van der Waals surface area contributed by atoms with Crippen molar-refractivity contribution in [2.45, 2.75) is 70.4 Å². The molecule has 0 aromatic heterocycles. The zero-order valence-electron chi connectivity index (χ0n) is 11.7. The Balaban J connectivity index is 2.38. The topological polar surface area (TPSA) is 50.7 Å². The minimum absolute atomic E-state index is 0.177. The van der Waals surface area contributed by atoms with Crippen LogP contribution < -0.4 is 5.32 Å². The molecule has 0 saturated heterocycles. The van der Waals surface area contributed by atoms with Crippen molar-refractivity contribution in [3.05, 3.63) is 4.91 Å². The summed E-state index contributed by atoms with van der Waals surface area (Å²) in [6, 6.07) is 0.473. The van der Waals surface area contributed by atoms with Crippen molar-refractivity contribution >= 4 is 8.32 Å². The van der Waals surface area contributed by atoms with E-state index in [1.54, 1.807) is 0 Å². The van der Waals surface area contributed by atoms with Gasteiger partial charge in [0.25, 0.3) is 0 Å². The zero-order chi connectivity index (χ0) is 13.1. The lowest BCUT2D eigenvalue weighted by atomic mass is 9.93. The first kappa shape index (κ1) is 14.8. The number of nitroso groups, excluding NO2 is 1. The van der Waals surface area contributed by atoms with Crippen molar-refractivity contribution in [2.75, 3.05) is 6.61 Å². The van der Waals surface area contributed by atoms with Gasteiger partial charge in [-0.2, -0.15) is 0 Å². The van der Waals surface area contributed by atoms with Gasteiger partial charge in [0.15, 0.2) is 14.5 Å². The third-order valence-electron chi connectivity index (χ3n) is 4.07. The van der Waals surface area contributed by atoms with Crippen LogP contribution in [0.15, 0.2) is 5.18 Å². The average molecular weight is 258 g/mol. The van der Waals surface area contributed by atoms with Gasteiger partial charge in [-0.3, -0.25) is 5.32 Å². The minimum atomic E-state index is -1.77. The van der Waals surface area contributed by atoms with Crippen LogP contribution >= 0.6 is 0 Å². The smallest absolute Gasteiger partial charge is 0.192 e. The Labute approximate surface area is 106 Å². The molecule has 0 spiro atoms. The molecule has 5 heteroatoms. The number of rotatable bonds is 6.